The van der Waals surface area contributed by atoms with Gasteiger partial charge < -0.3 is 10.5 Å². The standard InChI is InChI=1S/C9H10BrF2NO/c1-14-5-2-3-7(10)6(4-5)8(13)9(11)12/h2-4,8-9H,13H2,1H3. The van der Waals surface area contributed by atoms with Gasteiger partial charge in [0.15, 0.2) is 0 Å². The summed E-state index contributed by atoms with van der Waals surface area (Å²) in [6.45, 7) is 0. The van der Waals surface area contributed by atoms with Crippen LogP contribution in [0.2, 0.25) is 0 Å². The third-order valence-electron chi connectivity index (χ3n) is 1.83. The number of benzene rings is 1. The molecule has 0 aliphatic heterocycles. The molecule has 0 aromatic heterocycles. The van der Waals surface area contributed by atoms with Crippen molar-refractivity contribution in [1.82, 2.24) is 0 Å². The summed E-state index contributed by atoms with van der Waals surface area (Å²) in [5.41, 5.74) is 5.67. The van der Waals surface area contributed by atoms with E-state index in [4.69, 9.17) is 10.5 Å². The first-order valence-electron chi connectivity index (χ1n) is 3.93. The van der Waals surface area contributed by atoms with Crippen molar-refractivity contribution in [1.29, 1.82) is 0 Å². The van der Waals surface area contributed by atoms with Gasteiger partial charge in [-0.2, -0.15) is 0 Å². The molecular formula is C9H10BrF2NO. The molecule has 0 amide bonds. The molecule has 1 aromatic rings. The van der Waals surface area contributed by atoms with E-state index in [9.17, 15) is 8.78 Å². The number of hydrogen-bond donors (Lipinski definition) is 1. The predicted octanol–water partition coefficient (Wildman–Crippen LogP) is 2.72. The predicted molar refractivity (Wildman–Crippen MR) is 53.6 cm³/mol. The molecule has 0 fully saturated rings. The number of nitrogens with two attached hydrogens (primary N) is 1. The number of halogens is 3. The van der Waals surface area contributed by atoms with Crippen LogP contribution in [0, 0.1) is 0 Å². The van der Waals surface area contributed by atoms with Crippen LogP contribution in [-0.4, -0.2) is 13.5 Å². The van der Waals surface area contributed by atoms with E-state index in [1.807, 2.05) is 0 Å². The van der Waals surface area contributed by atoms with Crippen LogP contribution in [0.5, 0.6) is 5.75 Å². The normalized spacial score (nSPS) is 13.0. The molecular weight excluding hydrogens is 256 g/mol. The lowest BCUT2D eigenvalue weighted by atomic mass is 10.1. The van der Waals surface area contributed by atoms with Gasteiger partial charge in [0, 0.05) is 4.47 Å². The minimum Gasteiger partial charge on any atom is -0.497 e. The highest BCUT2D eigenvalue weighted by molar-refractivity contribution is 9.10. The number of ether oxygens (including phenoxy) is 1. The third-order valence-corrected chi connectivity index (χ3v) is 2.56. The van der Waals surface area contributed by atoms with Crippen molar-refractivity contribution in [3.05, 3.63) is 28.2 Å². The van der Waals surface area contributed by atoms with E-state index in [0.717, 1.165) is 0 Å². The summed E-state index contributed by atoms with van der Waals surface area (Å²) in [6, 6.07) is 3.52. The van der Waals surface area contributed by atoms with Crippen molar-refractivity contribution in [2.75, 3.05) is 7.11 Å². The summed E-state index contributed by atoms with van der Waals surface area (Å²) in [6.07, 6.45) is -2.58. The van der Waals surface area contributed by atoms with E-state index in [-0.39, 0.29) is 0 Å². The fraction of sp³-hybridized carbons (Fsp3) is 0.333. The van der Waals surface area contributed by atoms with Crippen LogP contribution >= 0.6 is 15.9 Å². The van der Waals surface area contributed by atoms with Gasteiger partial charge in [0.2, 0.25) is 0 Å². The van der Waals surface area contributed by atoms with Crippen LogP contribution in [-0.2, 0) is 0 Å². The number of methoxy groups -OCH3 is 1. The molecule has 0 saturated heterocycles. The molecule has 0 saturated carbocycles. The van der Waals surface area contributed by atoms with E-state index >= 15 is 0 Å². The van der Waals surface area contributed by atoms with Crippen molar-refractivity contribution in [2.24, 2.45) is 5.73 Å². The Morgan fingerprint density at radius 3 is 2.57 bits per heavy atom. The average Bonchev–Trinajstić information content (AvgIpc) is 2.17. The molecule has 2 nitrogen and oxygen atoms in total. The Kier molecular flexibility index (Phi) is 3.83. The largest absolute Gasteiger partial charge is 0.497 e. The molecule has 1 atom stereocenters. The van der Waals surface area contributed by atoms with Gasteiger partial charge in [-0.05, 0) is 23.8 Å². The quantitative estimate of drug-likeness (QED) is 0.912. The molecule has 0 aliphatic carbocycles. The maximum Gasteiger partial charge on any atom is 0.257 e. The second-order valence-electron chi connectivity index (χ2n) is 2.75. The lowest BCUT2D eigenvalue weighted by molar-refractivity contribution is 0.116. The van der Waals surface area contributed by atoms with E-state index in [2.05, 4.69) is 15.9 Å². The Labute approximate surface area is 89.2 Å². The Morgan fingerprint density at radius 1 is 1.43 bits per heavy atom. The highest BCUT2D eigenvalue weighted by Gasteiger charge is 2.20. The van der Waals surface area contributed by atoms with Crippen molar-refractivity contribution in [2.45, 2.75) is 12.5 Å². The maximum atomic E-state index is 12.3. The van der Waals surface area contributed by atoms with Gasteiger partial charge in [0.25, 0.3) is 6.43 Å². The molecule has 0 radical (unpaired) electrons. The molecule has 0 bridgehead atoms. The topological polar surface area (TPSA) is 35.2 Å². The summed E-state index contributed by atoms with van der Waals surface area (Å²) in [5, 5.41) is 0. The highest BCUT2D eigenvalue weighted by atomic mass is 79.9. The molecule has 0 heterocycles. The Morgan fingerprint density at radius 2 is 2.07 bits per heavy atom. The Hall–Kier alpha value is -0.680. The number of rotatable bonds is 3. The number of hydrogen-bond acceptors (Lipinski definition) is 2. The molecule has 14 heavy (non-hydrogen) atoms. The molecule has 5 heteroatoms. The SMILES string of the molecule is COc1ccc(Br)c(C(N)C(F)F)c1. The van der Waals surface area contributed by atoms with Crippen LogP contribution in [0.1, 0.15) is 11.6 Å². The third kappa shape index (κ3) is 2.42. The molecule has 1 rings (SSSR count). The zero-order chi connectivity index (χ0) is 10.7. The summed E-state index contributed by atoms with van der Waals surface area (Å²) >= 11 is 3.16. The molecule has 78 valence electrons. The first-order valence-corrected chi connectivity index (χ1v) is 4.72. The smallest absolute Gasteiger partial charge is 0.257 e. The monoisotopic (exact) mass is 265 g/mol. The van der Waals surface area contributed by atoms with Crippen molar-refractivity contribution < 1.29 is 13.5 Å². The molecule has 0 spiro atoms. The van der Waals surface area contributed by atoms with Gasteiger partial charge in [-0.3, -0.25) is 0 Å². The molecule has 1 aromatic carbocycles. The Bertz CT molecular complexity index is 320. The average molecular weight is 266 g/mol. The second-order valence-corrected chi connectivity index (χ2v) is 3.60. The second kappa shape index (κ2) is 4.70. The van der Waals surface area contributed by atoms with Gasteiger partial charge in [-0.1, -0.05) is 15.9 Å². The van der Waals surface area contributed by atoms with Crippen molar-refractivity contribution in [3.8, 4) is 5.75 Å². The molecule has 1 unspecified atom stereocenters. The summed E-state index contributed by atoms with van der Waals surface area (Å²) in [5.74, 6) is 0.513. The van der Waals surface area contributed by atoms with Gasteiger partial charge in [-0.15, -0.1) is 0 Å². The Balaban J connectivity index is 3.05. The van der Waals surface area contributed by atoms with Crippen LogP contribution < -0.4 is 10.5 Å². The summed E-state index contributed by atoms with van der Waals surface area (Å²) in [7, 11) is 1.47. The van der Waals surface area contributed by atoms with Crippen molar-refractivity contribution >= 4 is 15.9 Å². The first kappa shape index (κ1) is 11.4. The lowest BCUT2D eigenvalue weighted by Crippen LogP contribution is -2.19. The highest BCUT2D eigenvalue weighted by Crippen LogP contribution is 2.29. The summed E-state index contributed by atoms with van der Waals surface area (Å²) < 4.78 is 30.2. The maximum absolute atomic E-state index is 12.3. The zero-order valence-electron chi connectivity index (χ0n) is 7.51. The fourth-order valence-corrected chi connectivity index (χ4v) is 1.55. The van der Waals surface area contributed by atoms with Crippen LogP contribution in [0.3, 0.4) is 0 Å². The van der Waals surface area contributed by atoms with E-state index in [1.54, 1.807) is 12.1 Å². The van der Waals surface area contributed by atoms with Gasteiger partial charge in [0.1, 0.15) is 5.75 Å². The van der Waals surface area contributed by atoms with E-state index in [1.165, 1.54) is 13.2 Å². The minimum absolute atomic E-state index is 0.347. The van der Waals surface area contributed by atoms with Crippen LogP contribution in [0.4, 0.5) is 8.78 Å². The minimum atomic E-state index is -2.58. The summed E-state index contributed by atoms with van der Waals surface area (Å²) in [4.78, 5) is 0. The van der Waals surface area contributed by atoms with Crippen LogP contribution in [0.25, 0.3) is 0 Å². The zero-order valence-corrected chi connectivity index (χ0v) is 9.09. The lowest BCUT2D eigenvalue weighted by Gasteiger charge is -2.13. The number of alkyl halides is 2. The van der Waals surface area contributed by atoms with Gasteiger partial charge in [0.05, 0.1) is 13.2 Å². The van der Waals surface area contributed by atoms with Crippen LogP contribution in [0.15, 0.2) is 22.7 Å². The van der Waals surface area contributed by atoms with Gasteiger partial charge in [-0.25, -0.2) is 8.78 Å². The molecule has 2 N–H and O–H groups in total. The van der Waals surface area contributed by atoms with E-state index < -0.39 is 12.5 Å². The van der Waals surface area contributed by atoms with Gasteiger partial charge >= 0.3 is 0 Å². The van der Waals surface area contributed by atoms with Crippen molar-refractivity contribution in [3.63, 3.8) is 0 Å². The fourth-order valence-electron chi connectivity index (χ4n) is 1.04. The van der Waals surface area contributed by atoms with E-state index in [0.29, 0.717) is 15.8 Å². The molecule has 0 aliphatic rings. The first-order chi connectivity index (χ1) is 6.56.